The number of nitrogens with one attached hydrogen (secondary N) is 3. The number of likely N-dealkylation sites (N-methyl/N-ethyl adjacent to an activating group) is 1. The third kappa shape index (κ3) is 6.80. The zero-order valence-corrected chi connectivity index (χ0v) is 13.0. The molecule has 4 amide bonds. The molecule has 0 radical (unpaired) electrons. The van der Waals surface area contributed by atoms with Gasteiger partial charge in [0.1, 0.15) is 5.82 Å². The number of carbonyl (C=O) groups is 3. The number of pyridine rings is 1. The first-order valence-corrected chi connectivity index (χ1v) is 6.90. The molecule has 1 aromatic heterocycles. The second-order valence-electron chi connectivity index (χ2n) is 4.79. The van der Waals surface area contributed by atoms with Gasteiger partial charge in [0, 0.05) is 12.2 Å². The Morgan fingerprint density at radius 1 is 1.18 bits per heavy atom. The van der Waals surface area contributed by atoms with Crippen molar-refractivity contribution in [2.75, 3.05) is 32.0 Å². The number of hydrogen-bond acceptors (Lipinski definition) is 5. The molecule has 0 saturated heterocycles. The van der Waals surface area contributed by atoms with Crippen LogP contribution in [0.2, 0.25) is 0 Å². The van der Waals surface area contributed by atoms with Crippen molar-refractivity contribution in [2.24, 2.45) is 0 Å². The average Bonchev–Trinajstić information content (AvgIpc) is 2.37. The first-order valence-electron chi connectivity index (χ1n) is 6.90. The topological polar surface area (TPSA) is 103 Å². The van der Waals surface area contributed by atoms with Gasteiger partial charge in [0.15, 0.2) is 0 Å². The minimum atomic E-state index is -0.547. The lowest BCUT2D eigenvalue weighted by atomic mass is 10.3. The van der Waals surface area contributed by atoms with E-state index in [0.29, 0.717) is 12.4 Å². The van der Waals surface area contributed by atoms with Gasteiger partial charge < -0.3 is 10.6 Å². The van der Waals surface area contributed by atoms with Gasteiger partial charge in [-0.15, -0.1) is 0 Å². The summed E-state index contributed by atoms with van der Waals surface area (Å²) in [6.45, 7) is 3.96. The largest absolute Gasteiger partial charge is 0.338 e. The lowest BCUT2D eigenvalue weighted by Crippen LogP contribution is -2.44. The third-order valence-corrected chi connectivity index (χ3v) is 2.57. The van der Waals surface area contributed by atoms with E-state index in [1.54, 1.807) is 26.1 Å². The van der Waals surface area contributed by atoms with Gasteiger partial charge in [-0.2, -0.15) is 0 Å². The minimum Gasteiger partial charge on any atom is -0.338 e. The summed E-state index contributed by atoms with van der Waals surface area (Å²) in [5, 5.41) is 7.26. The van der Waals surface area contributed by atoms with Crippen LogP contribution >= 0.6 is 0 Å². The Hall–Kier alpha value is -2.48. The summed E-state index contributed by atoms with van der Waals surface area (Å²) >= 11 is 0. The van der Waals surface area contributed by atoms with Crippen molar-refractivity contribution in [1.29, 1.82) is 0 Å². The van der Waals surface area contributed by atoms with Crippen molar-refractivity contribution in [3.8, 4) is 0 Å². The smallest absolute Gasteiger partial charge is 0.321 e. The van der Waals surface area contributed by atoms with Crippen LogP contribution in [-0.4, -0.2) is 54.4 Å². The molecule has 0 aromatic carbocycles. The molecule has 0 atom stereocenters. The number of nitrogens with zero attached hydrogens (tertiary/aromatic N) is 2. The van der Waals surface area contributed by atoms with Crippen LogP contribution in [0.25, 0.3) is 0 Å². The fourth-order valence-corrected chi connectivity index (χ4v) is 1.71. The van der Waals surface area contributed by atoms with E-state index in [1.165, 1.54) is 4.90 Å². The Morgan fingerprint density at radius 3 is 2.50 bits per heavy atom. The predicted octanol–water partition coefficient (Wildman–Crippen LogP) is 0.106. The van der Waals surface area contributed by atoms with Crippen LogP contribution in [0.3, 0.4) is 0 Å². The summed E-state index contributed by atoms with van der Waals surface area (Å²) in [6, 6.07) is 4.76. The van der Waals surface area contributed by atoms with Crippen molar-refractivity contribution >= 4 is 23.7 Å². The first-order chi connectivity index (χ1) is 10.4. The Morgan fingerprint density at radius 2 is 1.86 bits per heavy atom. The third-order valence-electron chi connectivity index (χ3n) is 2.57. The van der Waals surface area contributed by atoms with Crippen molar-refractivity contribution < 1.29 is 14.4 Å². The summed E-state index contributed by atoms with van der Waals surface area (Å²) < 4.78 is 0. The normalized spacial score (nSPS) is 10.2. The van der Waals surface area contributed by atoms with Gasteiger partial charge in [-0.3, -0.25) is 19.8 Å². The van der Waals surface area contributed by atoms with Crippen LogP contribution in [0, 0.1) is 6.92 Å². The number of amides is 4. The zero-order valence-electron chi connectivity index (χ0n) is 13.0. The number of aryl methyl sites for hydroxylation is 1. The van der Waals surface area contributed by atoms with E-state index in [4.69, 9.17) is 0 Å². The van der Waals surface area contributed by atoms with Gasteiger partial charge in [0.05, 0.1) is 13.1 Å². The number of urea groups is 1. The van der Waals surface area contributed by atoms with Gasteiger partial charge in [0.25, 0.3) is 0 Å². The summed E-state index contributed by atoms with van der Waals surface area (Å²) in [7, 11) is 1.61. The molecule has 0 saturated carbocycles. The van der Waals surface area contributed by atoms with Crippen LogP contribution in [-0.2, 0) is 9.59 Å². The van der Waals surface area contributed by atoms with E-state index < -0.39 is 11.9 Å². The SMILES string of the molecule is CCNC(=O)NC(=O)CN(C)CC(=O)Nc1cccc(C)n1. The summed E-state index contributed by atoms with van der Waals surface area (Å²) in [5.74, 6) is -0.300. The number of anilines is 1. The standard InChI is InChI=1S/C14H21N5O3/c1-4-15-14(22)18-13(21)9-19(3)8-12(20)17-11-7-5-6-10(2)16-11/h5-7H,4,8-9H2,1-3H3,(H,16,17,20)(H2,15,18,21,22). The monoisotopic (exact) mass is 307 g/mol. The Labute approximate surface area is 129 Å². The Kier molecular flexibility index (Phi) is 6.97. The van der Waals surface area contributed by atoms with Gasteiger partial charge in [0.2, 0.25) is 11.8 Å². The van der Waals surface area contributed by atoms with Crippen molar-refractivity contribution in [3.63, 3.8) is 0 Å². The number of carbonyl (C=O) groups excluding carboxylic acids is 3. The first kappa shape index (κ1) is 17.6. The molecule has 3 N–H and O–H groups in total. The maximum atomic E-state index is 11.8. The molecule has 1 aromatic rings. The fraction of sp³-hybridized carbons (Fsp3) is 0.429. The molecule has 1 heterocycles. The number of aromatic nitrogens is 1. The van der Waals surface area contributed by atoms with E-state index in [0.717, 1.165) is 5.69 Å². The van der Waals surface area contributed by atoms with E-state index in [1.807, 2.05) is 13.0 Å². The minimum absolute atomic E-state index is 0.0123. The number of rotatable bonds is 6. The van der Waals surface area contributed by atoms with E-state index in [-0.39, 0.29) is 19.0 Å². The molecular formula is C14H21N5O3. The molecule has 0 unspecified atom stereocenters. The number of hydrogen-bond donors (Lipinski definition) is 3. The van der Waals surface area contributed by atoms with Crippen molar-refractivity contribution in [1.82, 2.24) is 20.5 Å². The highest BCUT2D eigenvalue weighted by Gasteiger charge is 2.13. The fourth-order valence-electron chi connectivity index (χ4n) is 1.71. The molecular weight excluding hydrogens is 286 g/mol. The second-order valence-corrected chi connectivity index (χ2v) is 4.79. The summed E-state index contributed by atoms with van der Waals surface area (Å²) in [4.78, 5) is 40.2. The van der Waals surface area contributed by atoms with Crippen molar-refractivity contribution in [3.05, 3.63) is 23.9 Å². The highest BCUT2D eigenvalue weighted by molar-refractivity contribution is 5.96. The van der Waals surface area contributed by atoms with Crippen LogP contribution in [0.4, 0.5) is 10.6 Å². The predicted molar refractivity (Wildman–Crippen MR) is 82.3 cm³/mol. The van der Waals surface area contributed by atoms with Crippen LogP contribution in [0.15, 0.2) is 18.2 Å². The van der Waals surface area contributed by atoms with Gasteiger partial charge in [-0.1, -0.05) is 6.07 Å². The van der Waals surface area contributed by atoms with E-state index in [2.05, 4.69) is 20.9 Å². The Balaban J connectivity index is 2.37. The second kappa shape index (κ2) is 8.73. The molecule has 0 aliphatic carbocycles. The lowest BCUT2D eigenvalue weighted by molar-refractivity contribution is -0.122. The average molecular weight is 307 g/mol. The quantitative estimate of drug-likeness (QED) is 0.692. The molecule has 0 aliphatic rings. The van der Waals surface area contributed by atoms with E-state index in [9.17, 15) is 14.4 Å². The molecule has 0 bridgehead atoms. The molecule has 0 aliphatic heterocycles. The molecule has 0 fully saturated rings. The van der Waals surface area contributed by atoms with Crippen molar-refractivity contribution in [2.45, 2.75) is 13.8 Å². The van der Waals surface area contributed by atoms with E-state index >= 15 is 0 Å². The van der Waals surface area contributed by atoms with Crippen LogP contribution in [0.5, 0.6) is 0 Å². The molecule has 1 rings (SSSR count). The molecule has 8 nitrogen and oxygen atoms in total. The summed E-state index contributed by atoms with van der Waals surface area (Å²) in [6.07, 6.45) is 0. The maximum absolute atomic E-state index is 11.8. The van der Waals surface area contributed by atoms with Gasteiger partial charge >= 0.3 is 6.03 Å². The van der Waals surface area contributed by atoms with Gasteiger partial charge in [-0.05, 0) is 33.0 Å². The maximum Gasteiger partial charge on any atom is 0.321 e. The molecule has 22 heavy (non-hydrogen) atoms. The van der Waals surface area contributed by atoms with Crippen LogP contribution in [0.1, 0.15) is 12.6 Å². The van der Waals surface area contributed by atoms with Crippen LogP contribution < -0.4 is 16.0 Å². The molecule has 0 spiro atoms. The Bertz CT molecular complexity index is 547. The summed E-state index contributed by atoms with van der Waals surface area (Å²) in [5.41, 5.74) is 0.799. The zero-order chi connectivity index (χ0) is 16.5. The lowest BCUT2D eigenvalue weighted by Gasteiger charge is -2.15. The highest BCUT2D eigenvalue weighted by atomic mass is 16.2. The van der Waals surface area contributed by atoms with Gasteiger partial charge in [-0.25, -0.2) is 9.78 Å². The molecule has 120 valence electrons. The highest BCUT2D eigenvalue weighted by Crippen LogP contribution is 2.03. The number of imide groups is 1. The molecule has 8 heteroatoms.